The first-order valence-corrected chi connectivity index (χ1v) is 9.04. The Hall–Kier alpha value is -3.15. The predicted octanol–water partition coefficient (Wildman–Crippen LogP) is 3.06. The highest BCUT2D eigenvalue weighted by Crippen LogP contribution is 2.10. The Morgan fingerprint density at radius 1 is 1.00 bits per heavy atom. The number of benzene rings is 1. The fourth-order valence-corrected chi connectivity index (χ4v) is 2.92. The Labute approximate surface area is 160 Å². The van der Waals surface area contributed by atoms with Crippen LogP contribution in [0.1, 0.15) is 28.1 Å². The van der Waals surface area contributed by atoms with E-state index in [4.69, 9.17) is 0 Å². The normalized spacial score (nSPS) is 11.5. The Bertz CT molecular complexity index is 924. The SMILES string of the molecule is CN=C(NCc1ccc(-n2nc(C)cc2C)nc1)NCc1cccc(C)c1. The molecule has 6 nitrogen and oxygen atoms in total. The summed E-state index contributed by atoms with van der Waals surface area (Å²) in [5.74, 6) is 1.59. The summed E-state index contributed by atoms with van der Waals surface area (Å²) >= 11 is 0. The molecule has 0 radical (unpaired) electrons. The van der Waals surface area contributed by atoms with E-state index in [-0.39, 0.29) is 0 Å². The van der Waals surface area contributed by atoms with Crippen LogP contribution in [-0.4, -0.2) is 27.8 Å². The maximum Gasteiger partial charge on any atom is 0.191 e. The molecule has 6 heteroatoms. The van der Waals surface area contributed by atoms with Crippen molar-refractivity contribution in [2.45, 2.75) is 33.9 Å². The first-order chi connectivity index (χ1) is 13.0. The second-order valence-electron chi connectivity index (χ2n) is 6.63. The number of pyridine rings is 1. The lowest BCUT2D eigenvalue weighted by Gasteiger charge is -2.12. The van der Waals surface area contributed by atoms with Gasteiger partial charge in [0.25, 0.3) is 0 Å². The van der Waals surface area contributed by atoms with Gasteiger partial charge >= 0.3 is 0 Å². The van der Waals surface area contributed by atoms with E-state index in [1.54, 1.807) is 7.05 Å². The van der Waals surface area contributed by atoms with Crippen molar-refractivity contribution in [1.29, 1.82) is 0 Å². The van der Waals surface area contributed by atoms with Gasteiger partial charge in [-0.25, -0.2) is 9.67 Å². The lowest BCUT2D eigenvalue weighted by molar-refractivity contribution is 0.790. The fourth-order valence-electron chi connectivity index (χ4n) is 2.92. The van der Waals surface area contributed by atoms with E-state index >= 15 is 0 Å². The van der Waals surface area contributed by atoms with Gasteiger partial charge in [0.05, 0.1) is 5.69 Å². The summed E-state index contributed by atoms with van der Waals surface area (Å²) in [4.78, 5) is 8.81. The van der Waals surface area contributed by atoms with E-state index in [1.807, 2.05) is 36.9 Å². The Kier molecular flexibility index (Phi) is 5.86. The van der Waals surface area contributed by atoms with Crippen molar-refractivity contribution in [3.8, 4) is 5.82 Å². The number of guanidine groups is 1. The molecular formula is C21H26N6. The number of rotatable bonds is 5. The van der Waals surface area contributed by atoms with Crippen molar-refractivity contribution in [2.24, 2.45) is 4.99 Å². The summed E-state index contributed by atoms with van der Waals surface area (Å²) in [7, 11) is 1.77. The Balaban J connectivity index is 1.56. The molecule has 0 spiro atoms. The molecule has 0 saturated carbocycles. The topological polar surface area (TPSA) is 67.1 Å². The molecule has 2 heterocycles. The number of nitrogens with one attached hydrogen (secondary N) is 2. The van der Waals surface area contributed by atoms with Crippen LogP contribution in [0, 0.1) is 20.8 Å². The van der Waals surface area contributed by atoms with Crippen LogP contribution in [0.3, 0.4) is 0 Å². The molecule has 3 aromatic rings. The summed E-state index contributed by atoms with van der Waals surface area (Å²) < 4.78 is 1.86. The zero-order valence-electron chi connectivity index (χ0n) is 16.3. The average Bonchev–Trinajstić information content (AvgIpc) is 3.00. The maximum atomic E-state index is 4.53. The summed E-state index contributed by atoms with van der Waals surface area (Å²) in [5.41, 5.74) is 5.63. The highest BCUT2D eigenvalue weighted by Gasteiger charge is 2.05. The fraction of sp³-hybridized carbons (Fsp3) is 0.286. The van der Waals surface area contributed by atoms with E-state index in [2.05, 4.69) is 63.0 Å². The van der Waals surface area contributed by atoms with Crippen LogP contribution in [0.2, 0.25) is 0 Å². The van der Waals surface area contributed by atoms with Crippen LogP contribution in [0.25, 0.3) is 5.82 Å². The lowest BCUT2D eigenvalue weighted by atomic mass is 10.1. The van der Waals surface area contributed by atoms with Gasteiger partial charge in [-0.3, -0.25) is 4.99 Å². The number of aryl methyl sites for hydroxylation is 3. The van der Waals surface area contributed by atoms with E-state index < -0.39 is 0 Å². The molecule has 3 rings (SSSR count). The van der Waals surface area contributed by atoms with Crippen LogP contribution in [0.15, 0.2) is 53.7 Å². The van der Waals surface area contributed by atoms with Crippen LogP contribution in [0.4, 0.5) is 0 Å². The molecule has 0 aliphatic rings. The molecule has 0 fully saturated rings. The van der Waals surface area contributed by atoms with Crippen molar-refractivity contribution >= 4 is 5.96 Å². The average molecular weight is 362 g/mol. The van der Waals surface area contributed by atoms with Gasteiger partial charge in [-0.15, -0.1) is 0 Å². The quantitative estimate of drug-likeness (QED) is 0.541. The van der Waals surface area contributed by atoms with Gasteiger partial charge in [-0.2, -0.15) is 5.10 Å². The van der Waals surface area contributed by atoms with Crippen molar-refractivity contribution in [1.82, 2.24) is 25.4 Å². The highest BCUT2D eigenvalue weighted by molar-refractivity contribution is 5.79. The predicted molar refractivity (Wildman–Crippen MR) is 109 cm³/mol. The summed E-state index contributed by atoms with van der Waals surface area (Å²) in [5, 5.41) is 11.1. The van der Waals surface area contributed by atoms with Crippen molar-refractivity contribution < 1.29 is 0 Å². The highest BCUT2D eigenvalue weighted by atomic mass is 15.3. The number of hydrogen-bond acceptors (Lipinski definition) is 3. The van der Waals surface area contributed by atoms with Crippen LogP contribution < -0.4 is 10.6 Å². The van der Waals surface area contributed by atoms with Crippen LogP contribution >= 0.6 is 0 Å². The Morgan fingerprint density at radius 3 is 2.37 bits per heavy atom. The minimum absolute atomic E-state index is 0.651. The third kappa shape index (κ3) is 4.94. The zero-order chi connectivity index (χ0) is 19.2. The zero-order valence-corrected chi connectivity index (χ0v) is 16.3. The minimum Gasteiger partial charge on any atom is -0.352 e. The molecular weight excluding hydrogens is 336 g/mol. The molecule has 1 aromatic carbocycles. The molecule has 0 atom stereocenters. The van der Waals surface area contributed by atoms with E-state index in [9.17, 15) is 0 Å². The largest absolute Gasteiger partial charge is 0.352 e. The second kappa shape index (κ2) is 8.49. The van der Waals surface area contributed by atoms with E-state index in [0.29, 0.717) is 6.54 Å². The van der Waals surface area contributed by atoms with Crippen molar-refractivity contribution in [2.75, 3.05) is 7.05 Å². The molecule has 0 amide bonds. The molecule has 27 heavy (non-hydrogen) atoms. The van der Waals surface area contributed by atoms with E-state index in [0.717, 1.165) is 35.3 Å². The molecule has 2 aromatic heterocycles. The number of aliphatic imine (C=N–C) groups is 1. The van der Waals surface area contributed by atoms with Gasteiger partial charge < -0.3 is 10.6 Å². The number of hydrogen-bond donors (Lipinski definition) is 2. The third-order valence-corrected chi connectivity index (χ3v) is 4.26. The first-order valence-electron chi connectivity index (χ1n) is 9.04. The van der Waals surface area contributed by atoms with Gasteiger partial charge in [0.15, 0.2) is 11.8 Å². The van der Waals surface area contributed by atoms with Crippen molar-refractivity contribution in [3.05, 3.63) is 76.7 Å². The van der Waals surface area contributed by atoms with Crippen molar-refractivity contribution in [3.63, 3.8) is 0 Å². The first kappa shape index (κ1) is 18.6. The minimum atomic E-state index is 0.651. The number of aromatic nitrogens is 3. The molecule has 0 saturated heterocycles. The lowest BCUT2D eigenvalue weighted by Crippen LogP contribution is -2.36. The van der Waals surface area contributed by atoms with E-state index in [1.165, 1.54) is 11.1 Å². The van der Waals surface area contributed by atoms with Gasteiger partial charge in [0.1, 0.15) is 0 Å². The standard InChI is InChI=1S/C21H26N6/c1-15-6-5-7-18(10-15)12-24-21(22-4)25-14-19-8-9-20(23-13-19)27-17(3)11-16(2)26-27/h5-11,13H,12,14H2,1-4H3,(H2,22,24,25). The number of nitrogens with zero attached hydrogens (tertiary/aromatic N) is 4. The maximum absolute atomic E-state index is 4.53. The monoisotopic (exact) mass is 362 g/mol. The van der Waals surface area contributed by atoms with Gasteiger partial charge in [-0.05, 0) is 44.0 Å². The van der Waals surface area contributed by atoms with Crippen LogP contribution in [-0.2, 0) is 13.1 Å². The smallest absolute Gasteiger partial charge is 0.191 e. The molecule has 0 aliphatic carbocycles. The third-order valence-electron chi connectivity index (χ3n) is 4.26. The summed E-state index contributed by atoms with van der Waals surface area (Å²) in [6, 6.07) is 14.5. The summed E-state index contributed by atoms with van der Waals surface area (Å²) in [6.45, 7) is 7.49. The van der Waals surface area contributed by atoms with Crippen LogP contribution in [0.5, 0.6) is 0 Å². The molecule has 0 aliphatic heterocycles. The van der Waals surface area contributed by atoms with Gasteiger partial charge in [-0.1, -0.05) is 35.9 Å². The molecule has 0 unspecified atom stereocenters. The summed E-state index contributed by atoms with van der Waals surface area (Å²) in [6.07, 6.45) is 1.87. The Morgan fingerprint density at radius 2 is 1.78 bits per heavy atom. The second-order valence-corrected chi connectivity index (χ2v) is 6.63. The molecule has 140 valence electrons. The molecule has 2 N–H and O–H groups in total. The van der Waals surface area contributed by atoms with Gasteiger partial charge in [0, 0.05) is 32.0 Å². The molecule has 0 bridgehead atoms. The van der Waals surface area contributed by atoms with Gasteiger partial charge in [0.2, 0.25) is 0 Å².